The fourth-order valence-corrected chi connectivity index (χ4v) is 0.811. The number of halogens is 1. The third-order valence-electron chi connectivity index (χ3n) is 1.97. The summed E-state index contributed by atoms with van der Waals surface area (Å²) in [5.41, 5.74) is -0.273. The summed E-state index contributed by atoms with van der Waals surface area (Å²) in [7, 11) is 0. The molecule has 0 aromatic rings. The Morgan fingerprint density at radius 3 is 2.18 bits per heavy atom. The van der Waals surface area contributed by atoms with Crippen molar-refractivity contribution in [3.63, 3.8) is 0 Å². The molecule has 0 N–H and O–H groups in total. The highest BCUT2D eigenvalue weighted by molar-refractivity contribution is 9.09. The van der Waals surface area contributed by atoms with Crippen molar-refractivity contribution in [2.24, 2.45) is 0 Å². The van der Waals surface area contributed by atoms with Gasteiger partial charge in [-0.25, -0.2) is 0 Å². The van der Waals surface area contributed by atoms with E-state index in [-0.39, 0.29) is 16.9 Å². The van der Waals surface area contributed by atoms with Gasteiger partial charge in [0.2, 0.25) is 0 Å². The van der Waals surface area contributed by atoms with E-state index in [1.807, 2.05) is 20.8 Å². The average molecular weight is 223 g/mol. The third kappa shape index (κ3) is 3.75. The molecule has 0 unspecified atom stereocenters. The van der Waals surface area contributed by atoms with Crippen molar-refractivity contribution in [2.45, 2.75) is 39.2 Å². The molecule has 3 heteroatoms. The van der Waals surface area contributed by atoms with Gasteiger partial charge in [-0.05, 0) is 19.8 Å². The van der Waals surface area contributed by atoms with Crippen LogP contribution in [0.2, 0.25) is 0 Å². The van der Waals surface area contributed by atoms with E-state index in [0.29, 0.717) is 0 Å². The highest BCUT2D eigenvalue weighted by atomic mass is 79.9. The normalized spacial score (nSPS) is 11.3. The van der Waals surface area contributed by atoms with Gasteiger partial charge in [0.15, 0.2) is 0 Å². The molecular formula is C8H15BrO2. The summed E-state index contributed by atoms with van der Waals surface area (Å²) < 4.78 is 5.20. The van der Waals surface area contributed by atoms with Crippen LogP contribution < -0.4 is 0 Å². The van der Waals surface area contributed by atoms with Crippen LogP contribution in [0.1, 0.15) is 33.6 Å². The van der Waals surface area contributed by atoms with E-state index in [9.17, 15) is 4.79 Å². The van der Waals surface area contributed by atoms with E-state index in [0.717, 1.165) is 12.8 Å². The van der Waals surface area contributed by atoms with Gasteiger partial charge in [-0.15, -0.1) is 0 Å². The van der Waals surface area contributed by atoms with Gasteiger partial charge in [0, 0.05) is 0 Å². The molecule has 0 radical (unpaired) electrons. The third-order valence-corrected chi connectivity index (χ3v) is 2.42. The Labute approximate surface area is 76.4 Å². The quantitative estimate of drug-likeness (QED) is 0.540. The van der Waals surface area contributed by atoms with Crippen LogP contribution >= 0.6 is 15.9 Å². The summed E-state index contributed by atoms with van der Waals surface area (Å²) in [6.45, 7) is 5.99. The smallest absolute Gasteiger partial charge is 0.317 e. The van der Waals surface area contributed by atoms with Crippen LogP contribution in [0.5, 0.6) is 0 Å². The van der Waals surface area contributed by atoms with E-state index >= 15 is 0 Å². The van der Waals surface area contributed by atoms with Crippen molar-refractivity contribution in [1.29, 1.82) is 0 Å². The van der Waals surface area contributed by atoms with E-state index in [1.165, 1.54) is 0 Å². The van der Waals surface area contributed by atoms with Crippen LogP contribution in [0.25, 0.3) is 0 Å². The number of hydrogen-bond donors (Lipinski definition) is 0. The van der Waals surface area contributed by atoms with Gasteiger partial charge in [0.1, 0.15) is 10.9 Å². The molecule has 0 fully saturated rings. The molecule has 0 aliphatic heterocycles. The highest BCUT2D eigenvalue weighted by Gasteiger charge is 2.23. The van der Waals surface area contributed by atoms with Gasteiger partial charge in [-0.3, -0.25) is 4.79 Å². The first-order chi connectivity index (χ1) is 5.08. The van der Waals surface area contributed by atoms with Crippen LogP contribution in [0.15, 0.2) is 0 Å². The van der Waals surface area contributed by atoms with Gasteiger partial charge in [0.05, 0.1) is 0 Å². The number of alkyl halides is 1. The van der Waals surface area contributed by atoms with Gasteiger partial charge in [-0.2, -0.15) is 0 Å². The number of rotatable bonds is 4. The van der Waals surface area contributed by atoms with Crippen molar-refractivity contribution < 1.29 is 9.53 Å². The SMILES string of the molecule is CCC(C)(CC)OC(=O)CBr. The summed E-state index contributed by atoms with van der Waals surface area (Å²) in [5, 5.41) is 0.280. The fraction of sp³-hybridized carbons (Fsp3) is 0.875. The van der Waals surface area contributed by atoms with E-state index in [4.69, 9.17) is 4.74 Å². The predicted molar refractivity (Wildman–Crippen MR) is 48.9 cm³/mol. The maximum absolute atomic E-state index is 10.9. The van der Waals surface area contributed by atoms with E-state index < -0.39 is 0 Å². The van der Waals surface area contributed by atoms with E-state index in [2.05, 4.69) is 15.9 Å². The molecule has 0 saturated heterocycles. The Morgan fingerprint density at radius 2 is 1.91 bits per heavy atom. The van der Waals surface area contributed by atoms with Crippen molar-refractivity contribution in [1.82, 2.24) is 0 Å². The van der Waals surface area contributed by atoms with Crippen LogP contribution in [0.3, 0.4) is 0 Å². The van der Waals surface area contributed by atoms with Crippen molar-refractivity contribution in [3.8, 4) is 0 Å². The monoisotopic (exact) mass is 222 g/mol. The second-order valence-electron chi connectivity index (χ2n) is 2.76. The largest absolute Gasteiger partial charge is 0.459 e. The summed E-state index contributed by atoms with van der Waals surface area (Å²) in [4.78, 5) is 10.9. The molecule has 0 amide bonds. The molecule has 66 valence electrons. The Bertz CT molecular complexity index is 130. The minimum atomic E-state index is -0.273. The summed E-state index contributed by atoms with van der Waals surface area (Å²) >= 11 is 3.05. The maximum atomic E-state index is 10.9. The van der Waals surface area contributed by atoms with Crippen LogP contribution in [-0.4, -0.2) is 16.9 Å². The van der Waals surface area contributed by atoms with E-state index in [1.54, 1.807) is 0 Å². The molecule has 0 spiro atoms. The van der Waals surface area contributed by atoms with Crippen LogP contribution in [0, 0.1) is 0 Å². The zero-order valence-corrected chi connectivity index (χ0v) is 8.90. The number of carbonyl (C=O) groups is 1. The Balaban J connectivity index is 3.96. The number of ether oxygens (including phenoxy) is 1. The lowest BCUT2D eigenvalue weighted by molar-refractivity contribution is -0.155. The molecule has 0 aromatic heterocycles. The van der Waals surface area contributed by atoms with Crippen LogP contribution in [-0.2, 0) is 9.53 Å². The zero-order valence-electron chi connectivity index (χ0n) is 7.32. The molecular weight excluding hydrogens is 208 g/mol. The predicted octanol–water partition coefficient (Wildman–Crippen LogP) is 2.50. The molecule has 0 rings (SSSR count). The first-order valence-corrected chi connectivity index (χ1v) is 4.98. The van der Waals surface area contributed by atoms with Gasteiger partial charge in [0.25, 0.3) is 0 Å². The number of esters is 1. The zero-order chi connectivity index (χ0) is 8.91. The minimum absolute atomic E-state index is 0.184. The number of carbonyl (C=O) groups excluding carboxylic acids is 1. The molecule has 0 aliphatic carbocycles. The second-order valence-corrected chi connectivity index (χ2v) is 3.33. The lowest BCUT2D eigenvalue weighted by Crippen LogP contribution is -2.30. The molecule has 0 heterocycles. The van der Waals surface area contributed by atoms with Crippen molar-refractivity contribution in [2.75, 3.05) is 5.33 Å². The van der Waals surface area contributed by atoms with Crippen LogP contribution in [0.4, 0.5) is 0 Å². The van der Waals surface area contributed by atoms with Crippen molar-refractivity contribution in [3.05, 3.63) is 0 Å². The summed E-state index contributed by atoms with van der Waals surface area (Å²) in [5.74, 6) is -0.184. The molecule has 2 nitrogen and oxygen atoms in total. The standard InChI is InChI=1S/C8H15BrO2/c1-4-8(3,5-2)11-7(10)6-9/h4-6H2,1-3H3. The molecule has 0 aliphatic rings. The van der Waals surface area contributed by atoms with Gasteiger partial charge < -0.3 is 4.74 Å². The lowest BCUT2D eigenvalue weighted by Gasteiger charge is -2.26. The summed E-state index contributed by atoms with van der Waals surface area (Å²) in [6, 6.07) is 0. The molecule has 0 atom stereocenters. The minimum Gasteiger partial charge on any atom is -0.459 e. The first kappa shape index (κ1) is 11.0. The molecule has 11 heavy (non-hydrogen) atoms. The Kier molecular flexibility index (Phi) is 4.73. The first-order valence-electron chi connectivity index (χ1n) is 3.85. The topological polar surface area (TPSA) is 26.3 Å². The Morgan fingerprint density at radius 1 is 1.45 bits per heavy atom. The molecule has 0 aromatic carbocycles. The summed E-state index contributed by atoms with van der Waals surface area (Å²) in [6.07, 6.45) is 1.73. The lowest BCUT2D eigenvalue weighted by atomic mass is 10.0. The molecule has 0 bridgehead atoms. The highest BCUT2D eigenvalue weighted by Crippen LogP contribution is 2.19. The Hall–Kier alpha value is -0.0500. The second kappa shape index (κ2) is 4.75. The van der Waals surface area contributed by atoms with Gasteiger partial charge in [-0.1, -0.05) is 29.8 Å². The number of hydrogen-bond acceptors (Lipinski definition) is 2. The fourth-order valence-electron chi connectivity index (χ4n) is 0.696. The van der Waals surface area contributed by atoms with Crippen molar-refractivity contribution >= 4 is 21.9 Å². The molecule has 0 saturated carbocycles. The maximum Gasteiger partial charge on any atom is 0.317 e. The average Bonchev–Trinajstić information content (AvgIpc) is 2.04. The van der Waals surface area contributed by atoms with Gasteiger partial charge >= 0.3 is 5.97 Å².